The van der Waals surface area contributed by atoms with Gasteiger partial charge in [0.25, 0.3) is 0 Å². The normalized spacial score (nSPS) is 21.2. The molecule has 1 aromatic rings. The molecule has 1 amide bonds. The lowest BCUT2D eigenvalue weighted by atomic mass is 10.0. The third kappa shape index (κ3) is 3.00. The first kappa shape index (κ1) is 15.3. The van der Waals surface area contributed by atoms with E-state index < -0.39 is 17.8 Å². The van der Waals surface area contributed by atoms with Gasteiger partial charge in [-0.2, -0.15) is 0 Å². The number of rotatable bonds is 5. The molecule has 1 heterocycles. The van der Waals surface area contributed by atoms with Crippen LogP contribution >= 0.6 is 0 Å². The number of anilines is 1. The number of carbonyl (C=O) groups excluding carboxylic acids is 1. The third-order valence-electron chi connectivity index (χ3n) is 3.92. The van der Waals surface area contributed by atoms with Crippen LogP contribution in [0.5, 0.6) is 0 Å². The Hall–Kier alpha value is -2.08. The van der Waals surface area contributed by atoms with Crippen molar-refractivity contribution in [3.05, 3.63) is 29.3 Å². The van der Waals surface area contributed by atoms with Crippen LogP contribution in [0.25, 0.3) is 0 Å². The van der Waals surface area contributed by atoms with E-state index in [4.69, 9.17) is 10.5 Å². The summed E-state index contributed by atoms with van der Waals surface area (Å²) >= 11 is 0. The van der Waals surface area contributed by atoms with Crippen LogP contribution in [0.4, 0.5) is 5.69 Å². The van der Waals surface area contributed by atoms with E-state index in [1.54, 1.807) is 12.1 Å². The number of hydrogen-bond acceptors (Lipinski definition) is 4. The minimum Gasteiger partial charge on any atom is -0.481 e. The number of primary amides is 1. The number of nitrogens with two attached hydrogens (primary N) is 1. The summed E-state index contributed by atoms with van der Waals surface area (Å²) in [6, 6.07) is 5.14. The Kier molecular flexibility index (Phi) is 4.47. The molecule has 1 fully saturated rings. The Morgan fingerprint density at radius 3 is 2.67 bits per heavy atom. The average molecular weight is 292 g/mol. The monoisotopic (exact) mass is 292 g/mol. The summed E-state index contributed by atoms with van der Waals surface area (Å²) < 4.78 is 5.33. The van der Waals surface area contributed by atoms with Crippen LogP contribution in [0.1, 0.15) is 22.8 Å². The number of carboxylic acid groups (broad SMARTS) is 1. The summed E-state index contributed by atoms with van der Waals surface area (Å²) in [5.74, 6) is -1.85. The molecule has 2 rings (SSSR count). The number of benzene rings is 1. The zero-order valence-corrected chi connectivity index (χ0v) is 12.2. The number of likely N-dealkylation sites (N-methyl/N-ethyl adjacent to an activating group) is 1. The van der Waals surface area contributed by atoms with Crippen molar-refractivity contribution in [3.63, 3.8) is 0 Å². The first-order chi connectivity index (χ1) is 9.95. The highest BCUT2D eigenvalue weighted by Crippen LogP contribution is 2.27. The smallest absolute Gasteiger partial charge is 0.311 e. The Labute approximate surface area is 123 Å². The minimum atomic E-state index is -0.846. The maximum atomic E-state index is 11.3. The summed E-state index contributed by atoms with van der Waals surface area (Å²) in [5.41, 5.74) is 7.44. The van der Waals surface area contributed by atoms with Gasteiger partial charge < -0.3 is 20.5 Å². The highest BCUT2D eigenvalue weighted by molar-refractivity contribution is 5.94. The molecule has 0 spiro atoms. The van der Waals surface area contributed by atoms with Gasteiger partial charge in [0.1, 0.15) is 5.92 Å². The molecule has 2 atom stereocenters. The quantitative estimate of drug-likeness (QED) is 0.845. The Balaban J connectivity index is 2.31. The van der Waals surface area contributed by atoms with E-state index in [1.807, 2.05) is 24.8 Å². The zero-order valence-electron chi connectivity index (χ0n) is 12.2. The highest BCUT2D eigenvalue weighted by atomic mass is 16.5. The maximum absolute atomic E-state index is 11.3. The predicted molar refractivity (Wildman–Crippen MR) is 78.4 cm³/mol. The van der Waals surface area contributed by atoms with Crippen LogP contribution in [0.15, 0.2) is 18.2 Å². The molecule has 114 valence electrons. The molecule has 6 heteroatoms. The molecule has 0 aromatic heterocycles. The maximum Gasteiger partial charge on any atom is 0.311 e. The lowest BCUT2D eigenvalue weighted by molar-refractivity contribution is -0.141. The number of carboxylic acids is 1. The molecule has 1 aliphatic heterocycles. The standard InChI is InChI=1S/C15H20N2O4/c1-3-17(13-8-21-7-12(13)15(19)20)10-4-5-11(14(16)18)9(2)6-10/h4-6,12-13H,3,7-8H2,1-2H3,(H2,16,18)(H,19,20). The number of aryl methyl sites for hydroxylation is 1. The summed E-state index contributed by atoms with van der Waals surface area (Å²) in [5, 5.41) is 9.28. The summed E-state index contributed by atoms with van der Waals surface area (Å²) in [6.45, 7) is 5.06. The van der Waals surface area contributed by atoms with E-state index in [-0.39, 0.29) is 12.6 Å². The van der Waals surface area contributed by atoms with E-state index in [0.717, 1.165) is 11.3 Å². The average Bonchev–Trinajstić information content (AvgIpc) is 2.88. The van der Waals surface area contributed by atoms with Gasteiger partial charge in [0, 0.05) is 17.8 Å². The lowest BCUT2D eigenvalue weighted by Crippen LogP contribution is -2.43. The highest BCUT2D eigenvalue weighted by Gasteiger charge is 2.37. The van der Waals surface area contributed by atoms with Crippen molar-refractivity contribution in [2.24, 2.45) is 11.7 Å². The van der Waals surface area contributed by atoms with E-state index in [1.165, 1.54) is 0 Å². The third-order valence-corrected chi connectivity index (χ3v) is 3.92. The van der Waals surface area contributed by atoms with Crippen LogP contribution in [-0.4, -0.2) is 42.8 Å². The summed E-state index contributed by atoms with van der Waals surface area (Å²) in [4.78, 5) is 24.6. The van der Waals surface area contributed by atoms with Crippen LogP contribution in [-0.2, 0) is 9.53 Å². The van der Waals surface area contributed by atoms with E-state index >= 15 is 0 Å². The van der Waals surface area contributed by atoms with Crippen LogP contribution in [0.3, 0.4) is 0 Å². The van der Waals surface area contributed by atoms with Crippen LogP contribution in [0, 0.1) is 12.8 Å². The molecule has 1 aromatic carbocycles. The van der Waals surface area contributed by atoms with Gasteiger partial charge in [-0.25, -0.2) is 0 Å². The first-order valence-electron chi connectivity index (χ1n) is 6.93. The molecule has 1 saturated heterocycles. The van der Waals surface area contributed by atoms with Gasteiger partial charge in [-0.3, -0.25) is 9.59 Å². The molecule has 0 aliphatic carbocycles. The van der Waals surface area contributed by atoms with E-state index in [0.29, 0.717) is 18.7 Å². The van der Waals surface area contributed by atoms with Crippen LogP contribution < -0.4 is 10.6 Å². The Morgan fingerprint density at radius 1 is 1.43 bits per heavy atom. The second-order valence-electron chi connectivity index (χ2n) is 5.20. The molecule has 21 heavy (non-hydrogen) atoms. The SMILES string of the molecule is CCN(c1ccc(C(N)=O)c(C)c1)C1COCC1C(=O)O. The van der Waals surface area contributed by atoms with Gasteiger partial charge in [0.05, 0.1) is 19.3 Å². The molecule has 0 radical (unpaired) electrons. The first-order valence-corrected chi connectivity index (χ1v) is 6.93. The molecular weight excluding hydrogens is 272 g/mol. The van der Waals surface area contributed by atoms with Crippen LogP contribution in [0.2, 0.25) is 0 Å². The lowest BCUT2D eigenvalue weighted by Gasteiger charge is -2.31. The van der Waals surface area contributed by atoms with Gasteiger partial charge in [-0.1, -0.05) is 0 Å². The number of amides is 1. The van der Waals surface area contributed by atoms with E-state index in [9.17, 15) is 14.7 Å². The number of hydrogen-bond donors (Lipinski definition) is 2. The number of aliphatic carboxylic acids is 1. The Bertz CT molecular complexity index is 559. The van der Waals surface area contributed by atoms with Gasteiger partial charge in [0.2, 0.25) is 5.91 Å². The topological polar surface area (TPSA) is 92.9 Å². The number of carbonyl (C=O) groups is 2. The van der Waals surface area contributed by atoms with Crippen molar-refractivity contribution >= 4 is 17.6 Å². The Morgan fingerprint density at radius 2 is 2.14 bits per heavy atom. The van der Waals surface area contributed by atoms with E-state index in [2.05, 4.69) is 0 Å². The molecule has 0 saturated carbocycles. The fourth-order valence-electron chi connectivity index (χ4n) is 2.80. The van der Waals surface area contributed by atoms with Crippen molar-refractivity contribution in [1.82, 2.24) is 0 Å². The molecule has 0 bridgehead atoms. The van der Waals surface area contributed by atoms with Crippen molar-refractivity contribution in [2.75, 3.05) is 24.7 Å². The van der Waals surface area contributed by atoms with Crippen molar-refractivity contribution in [3.8, 4) is 0 Å². The molecule has 6 nitrogen and oxygen atoms in total. The van der Waals surface area contributed by atoms with Gasteiger partial charge in [-0.15, -0.1) is 0 Å². The minimum absolute atomic E-state index is 0.202. The zero-order chi connectivity index (χ0) is 15.6. The van der Waals surface area contributed by atoms with Gasteiger partial charge in [-0.05, 0) is 37.6 Å². The van der Waals surface area contributed by atoms with Crippen molar-refractivity contribution < 1.29 is 19.4 Å². The second kappa shape index (κ2) is 6.13. The molecule has 3 N–H and O–H groups in total. The number of ether oxygens (including phenoxy) is 1. The summed E-state index contributed by atoms with van der Waals surface area (Å²) in [7, 11) is 0. The van der Waals surface area contributed by atoms with Crippen molar-refractivity contribution in [1.29, 1.82) is 0 Å². The fraction of sp³-hybridized carbons (Fsp3) is 0.467. The fourth-order valence-corrected chi connectivity index (χ4v) is 2.80. The summed E-state index contributed by atoms with van der Waals surface area (Å²) in [6.07, 6.45) is 0. The molecule has 1 aliphatic rings. The predicted octanol–water partition coefficient (Wildman–Crippen LogP) is 1.02. The molecule has 2 unspecified atom stereocenters. The van der Waals surface area contributed by atoms with Crippen molar-refractivity contribution in [2.45, 2.75) is 19.9 Å². The largest absolute Gasteiger partial charge is 0.481 e. The van der Waals surface area contributed by atoms with Gasteiger partial charge in [0.15, 0.2) is 0 Å². The molecular formula is C15H20N2O4. The second-order valence-corrected chi connectivity index (χ2v) is 5.20. The van der Waals surface area contributed by atoms with Gasteiger partial charge >= 0.3 is 5.97 Å². The number of nitrogens with zero attached hydrogens (tertiary/aromatic N) is 1.